The first kappa shape index (κ1) is 12.2. The first-order valence-corrected chi connectivity index (χ1v) is 5.96. The fraction of sp³-hybridized carbons (Fsp3) is 0.545. The normalized spacial score (nSPS) is 10.3. The highest BCUT2D eigenvalue weighted by Crippen LogP contribution is 2.09. The van der Waals surface area contributed by atoms with Gasteiger partial charge >= 0.3 is 0 Å². The minimum Gasteiger partial charge on any atom is -0.372 e. The number of likely N-dealkylation sites (N-methyl/N-ethyl adjacent to an activating group) is 1. The second-order valence-electron chi connectivity index (χ2n) is 3.28. The fourth-order valence-corrected chi connectivity index (χ4v) is 1.86. The van der Waals surface area contributed by atoms with Crippen molar-refractivity contribution in [3.63, 3.8) is 0 Å². The van der Waals surface area contributed by atoms with Crippen LogP contribution in [0, 0.1) is 0 Å². The highest BCUT2D eigenvalue weighted by atomic mass is 32.1. The van der Waals surface area contributed by atoms with E-state index < -0.39 is 0 Å². The Bertz CT molecular complexity index is 285. The molecule has 0 N–H and O–H groups in total. The van der Waals surface area contributed by atoms with Crippen LogP contribution >= 0.6 is 11.3 Å². The number of hydrogen-bond acceptors (Lipinski definition) is 3. The van der Waals surface area contributed by atoms with Crippen molar-refractivity contribution in [1.82, 2.24) is 4.90 Å². The van der Waals surface area contributed by atoms with Gasteiger partial charge in [0, 0.05) is 25.1 Å². The van der Waals surface area contributed by atoms with Gasteiger partial charge < -0.3 is 9.64 Å². The number of thiophene rings is 1. The van der Waals surface area contributed by atoms with E-state index in [0.717, 1.165) is 13.0 Å². The Hall–Kier alpha value is -0.870. The molecule has 0 aliphatic rings. The molecule has 15 heavy (non-hydrogen) atoms. The third-order valence-corrected chi connectivity index (χ3v) is 3.07. The van der Waals surface area contributed by atoms with Crippen LogP contribution in [0.15, 0.2) is 17.5 Å². The van der Waals surface area contributed by atoms with Crippen molar-refractivity contribution >= 4 is 17.2 Å². The Morgan fingerprint density at radius 2 is 2.40 bits per heavy atom. The Morgan fingerprint density at radius 1 is 1.60 bits per heavy atom. The maximum Gasteiger partial charge on any atom is 0.248 e. The molecule has 1 heterocycles. The summed E-state index contributed by atoms with van der Waals surface area (Å²) in [5.41, 5.74) is 0. The third kappa shape index (κ3) is 4.44. The Balaban J connectivity index is 2.23. The molecular formula is C11H17NO2S. The smallest absolute Gasteiger partial charge is 0.248 e. The second kappa shape index (κ2) is 6.58. The predicted octanol–water partition coefficient (Wildman–Crippen LogP) is 1.79. The minimum atomic E-state index is 0.0495. The lowest BCUT2D eigenvalue weighted by atomic mass is 10.3. The molecule has 0 radical (unpaired) electrons. The highest BCUT2D eigenvalue weighted by molar-refractivity contribution is 7.09. The van der Waals surface area contributed by atoms with Crippen LogP contribution in [0.3, 0.4) is 0 Å². The summed E-state index contributed by atoms with van der Waals surface area (Å²) in [6.45, 7) is 3.42. The van der Waals surface area contributed by atoms with Gasteiger partial charge in [0.15, 0.2) is 0 Å². The van der Waals surface area contributed by atoms with Crippen molar-refractivity contribution < 1.29 is 9.53 Å². The quantitative estimate of drug-likeness (QED) is 0.741. The number of carbonyl (C=O) groups excluding carboxylic acids is 1. The number of carbonyl (C=O) groups is 1. The monoisotopic (exact) mass is 227 g/mol. The van der Waals surface area contributed by atoms with Gasteiger partial charge in [-0.05, 0) is 24.8 Å². The van der Waals surface area contributed by atoms with Crippen LogP contribution in [0.1, 0.15) is 11.8 Å². The molecule has 0 spiro atoms. The number of ether oxygens (including phenoxy) is 1. The summed E-state index contributed by atoms with van der Waals surface area (Å²) in [5.74, 6) is 0.0495. The largest absolute Gasteiger partial charge is 0.372 e. The number of amides is 1. The van der Waals surface area contributed by atoms with Gasteiger partial charge in [0.1, 0.15) is 6.61 Å². The summed E-state index contributed by atoms with van der Waals surface area (Å²) in [7, 11) is 1.81. The molecule has 1 aromatic heterocycles. The molecule has 0 fully saturated rings. The molecule has 0 saturated heterocycles. The van der Waals surface area contributed by atoms with Gasteiger partial charge in [0.2, 0.25) is 5.91 Å². The molecular weight excluding hydrogens is 210 g/mol. The lowest BCUT2D eigenvalue weighted by Gasteiger charge is -2.16. The summed E-state index contributed by atoms with van der Waals surface area (Å²) in [5, 5.41) is 2.05. The van der Waals surface area contributed by atoms with Gasteiger partial charge in [-0.1, -0.05) is 6.07 Å². The van der Waals surface area contributed by atoms with Crippen molar-refractivity contribution in [1.29, 1.82) is 0 Å². The SMILES string of the molecule is CCOCC(=O)N(C)CCc1cccs1. The van der Waals surface area contributed by atoms with Crippen molar-refractivity contribution in [2.24, 2.45) is 0 Å². The zero-order valence-electron chi connectivity index (χ0n) is 9.23. The molecule has 0 aliphatic carbocycles. The molecule has 1 aromatic rings. The standard InChI is InChI=1S/C11H17NO2S/c1-3-14-9-11(13)12(2)7-6-10-5-4-8-15-10/h4-5,8H,3,6-7,9H2,1-2H3. The first-order chi connectivity index (χ1) is 7.24. The van der Waals surface area contributed by atoms with Crippen molar-refractivity contribution in [2.75, 3.05) is 26.8 Å². The summed E-state index contributed by atoms with van der Waals surface area (Å²) < 4.78 is 5.06. The van der Waals surface area contributed by atoms with Gasteiger partial charge in [0.05, 0.1) is 0 Å². The average molecular weight is 227 g/mol. The van der Waals surface area contributed by atoms with Gasteiger partial charge in [0.25, 0.3) is 0 Å². The number of rotatable bonds is 6. The lowest BCUT2D eigenvalue weighted by Crippen LogP contribution is -2.31. The average Bonchev–Trinajstić information content (AvgIpc) is 2.75. The molecule has 0 aromatic carbocycles. The van der Waals surface area contributed by atoms with Crippen LogP contribution in [-0.4, -0.2) is 37.6 Å². The first-order valence-electron chi connectivity index (χ1n) is 5.08. The molecule has 4 heteroatoms. The van der Waals surface area contributed by atoms with Gasteiger partial charge in [-0.2, -0.15) is 0 Å². The van der Waals surface area contributed by atoms with Crippen LogP contribution in [0.5, 0.6) is 0 Å². The van der Waals surface area contributed by atoms with E-state index in [4.69, 9.17) is 4.74 Å². The van der Waals surface area contributed by atoms with E-state index in [-0.39, 0.29) is 12.5 Å². The lowest BCUT2D eigenvalue weighted by molar-refractivity contribution is -0.134. The number of nitrogens with zero attached hydrogens (tertiary/aromatic N) is 1. The second-order valence-corrected chi connectivity index (χ2v) is 4.31. The van der Waals surface area contributed by atoms with E-state index in [1.165, 1.54) is 4.88 Å². The molecule has 0 aliphatic heterocycles. The van der Waals surface area contributed by atoms with Crippen molar-refractivity contribution in [2.45, 2.75) is 13.3 Å². The van der Waals surface area contributed by atoms with E-state index in [0.29, 0.717) is 6.61 Å². The third-order valence-electron chi connectivity index (χ3n) is 2.13. The van der Waals surface area contributed by atoms with Gasteiger partial charge in [-0.3, -0.25) is 4.79 Å². The van der Waals surface area contributed by atoms with Crippen molar-refractivity contribution in [3.8, 4) is 0 Å². The Morgan fingerprint density at radius 3 is 3.00 bits per heavy atom. The molecule has 0 bridgehead atoms. The fourth-order valence-electron chi connectivity index (χ4n) is 1.16. The summed E-state index contributed by atoms with van der Waals surface area (Å²) >= 11 is 1.73. The van der Waals surface area contributed by atoms with E-state index in [9.17, 15) is 4.79 Å². The molecule has 0 atom stereocenters. The molecule has 1 rings (SSSR count). The summed E-state index contributed by atoms with van der Waals surface area (Å²) in [6.07, 6.45) is 0.923. The highest BCUT2D eigenvalue weighted by Gasteiger charge is 2.08. The van der Waals surface area contributed by atoms with Crippen LogP contribution in [0.2, 0.25) is 0 Å². The van der Waals surface area contributed by atoms with Crippen LogP contribution in [0.4, 0.5) is 0 Å². The van der Waals surface area contributed by atoms with Crippen LogP contribution in [-0.2, 0) is 16.0 Å². The number of hydrogen-bond donors (Lipinski definition) is 0. The minimum absolute atomic E-state index is 0.0495. The topological polar surface area (TPSA) is 29.5 Å². The summed E-state index contributed by atoms with van der Waals surface area (Å²) in [4.78, 5) is 14.5. The van der Waals surface area contributed by atoms with Gasteiger partial charge in [-0.15, -0.1) is 11.3 Å². The molecule has 1 amide bonds. The molecule has 0 unspecified atom stereocenters. The Kier molecular flexibility index (Phi) is 5.36. The van der Waals surface area contributed by atoms with Gasteiger partial charge in [-0.25, -0.2) is 0 Å². The summed E-state index contributed by atoms with van der Waals surface area (Å²) in [6, 6.07) is 4.12. The molecule has 3 nitrogen and oxygen atoms in total. The maximum atomic E-state index is 11.5. The molecule has 84 valence electrons. The van der Waals surface area contributed by atoms with E-state index in [1.807, 2.05) is 20.0 Å². The maximum absolute atomic E-state index is 11.5. The van der Waals surface area contributed by atoms with E-state index in [1.54, 1.807) is 16.2 Å². The van der Waals surface area contributed by atoms with Crippen LogP contribution < -0.4 is 0 Å². The Labute approximate surface area is 94.7 Å². The zero-order chi connectivity index (χ0) is 11.1. The zero-order valence-corrected chi connectivity index (χ0v) is 10.0. The predicted molar refractivity (Wildman–Crippen MR) is 62.2 cm³/mol. The van der Waals surface area contributed by atoms with Crippen molar-refractivity contribution in [3.05, 3.63) is 22.4 Å². The van der Waals surface area contributed by atoms with E-state index >= 15 is 0 Å². The van der Waals surface area contributed by atoms with Crippen LogP contribution in [0.25, 0.3) is 0 Å². The molecule has 0 saturated carbocycles. The van der Waals surface area contributed by atoms with E-state index in [2.05, 4.69) is 11.4 Å².